The van der Waals surface area contributed by atoms with Crippen LogP contribution in [0.15, 0.2) is 108 Å². The Morgan fingerprint density at radius 1 is 0.919 bits per heavy atom. The Morgan fingerprint density at radius 3 is 2.51 bits per heavy atom. The lowest BCUT2D eigenvalue weighted by Gasteiger charge is -2.32. The van der Waals surface area contributed by atoms with Gasteiger partial charge in [0.1, 0.15) is 11.9 Å². The highest BCUT2D eigenvalue weighted by atomic mass is 35.5. The number of allylic oxidation sites excluding steroid dienone is 3. The highest BCUT2D eigenvalue weighted by Crippen LogP contribution is 2.49. The maximum absolute atomic E-state index is 6.48. The molecule has 3 aromatic carbocycles. The normalized spacial score (nSPS) is 29.1. The summed E-state index contributed by atoms with van der Waals surface area (Å²) in [5.41, 5.74) is 7.47. The van der Waals surface area contributed by atoms with Crippen molar-refractivity contribution in [3.63, 3.8) is 0 Å². The minimum absolute atomic E-state index is 0.0372. The van der Waals surface area contributed by atoms with Gasteiger partial charge in [0.2, 0.25) is 0 Å². The summed E-state index contributed by atoms with van der Waals surface area (Å²) in [4.78, 5) is 5.67. The van der Waals surface area contributed by atoms with Gasteiger partial charge in [-0.15, -0.1) is 0 Å². The van der Waals surface area contributed by atoms with E-state index in [9.17, 15) is 0 Å². The molecule has 0 aromatic heterocycles. The SMILES string of the molecule is CCC1/C(c2cccc(Cl)c2)=C/CC(C)/C(c2ccccc2)=N\C1c1cccc2c1C1C=CC=CC1O2. The highest BCUT2D eigenvalue weighted by molar-refractivity contribution is 6.30. The third kappa shape index (κ3) is 4.49. The van der Waals surface area contributed by atoms with Crippen molar-refractivity contribution >= 4 is 22.9 Å². The van der Waals surface area contributed by atoms with Gasteiger partial charge in [0.15, 0.2) is 0 Å². The Bertz CT molecular complexity index is 1420. The molecule has 0 spiro atoms. The van der Waals surface area contributed by atoms with Crippen molar-refractivity contribution in [3.05, 3.63) is 130 Å². The average molecular weight is 506 g/mol. The largest absolute Gasteiger partial charge is 0.485 e. The van der Waals surface area contributed by atoms with Gasteiger partial charge in [0, 0.05) is 34.1 Å². The quantitative estimate of drug-likeness (QED) is 0.346. The second-order valence-electron chi connectivity index (χ2n) is 10.3. The fourth-order valence-electron chi connectivity index (χ4n) is 6.19. The molecular formula is C34H32ClNO. The van der Waals surface area contributed by atoms with E-state index >= 15 is 0 Å². The first kappa shape index (κ1) is 24.0. The van der Waals surface area contributed by atoms with Crippen molar-refractivity contribution in [2.24, 2.45) is 16.8 Å². The molecule has 0 radical (unpaired) electrons. The lowest BCUT2D eigenvalue weighted by atomic mass is 9.76. The Labute approximate surface area is 225 Å². The Balaban J connectivity index is 1.56. The van der Waals surface area contributed by atoms with Crippen molar-refractivity contribution in [1.82, 2.24) is 0 Å². The van der Waals surface area contributed by atoms with E-state index in [2.05, 4.69) is 111 Å². The van der Waals surface area contributed by atoms with E-state index in [0.29, 0.717) is 0 Å². The second kappa shape index (κ2) is 10.2. The fourth-order valence-corrected chi connectivity index (χ4v) is 6.38. The molecule has 3 aliphatic rings. The summed E-state index contributed by atoms with van der Waals surface area (Å²) in [6, 6.07) is 25.5. The minimum Gasteiger partial charge on any atom is -0.485 e. The Kier molecular flexibility index (Phi) is 6.61. The van der Waals surface area contributed by atoms with Crippen molar-refractivity contribution in [2.45, 2.75) is 44.8 Å². The molecule has 2 nitrogen and oxygen atoms in total. The van der Waals surface area contributed by atoms with Crippen LogP contribution in [0.4, 0.5) is 0 Å². The molecular weight excluding hydrogens is 474 g/mol. The van der Waals surface area contributed by atoms with Gasteiger partial charge in [-0.3, -0.25) is 4.99 Å². The van der Waals surface area contributed by atoms with Gasteiger partial charge in [-0.25, -0.2) is 0 Å². The molecule has 0 fully saturated rings. The molecule has 6 rings (SSSR count). The molecule has 1 aliphatic carbocycles. The summed E-state index contributed by atoms with van der Waals surface area (Å²) in [7, 11) is 0. The van der Waals surface area contributed by atoms with Crippen molar-refractivity contribution in [3.8, 4) is 5.75 Å². The minimum atomic E-state index is -0.0372. The molecule has 2 heterocycles. The number of benzene rings is 3. The Morgan fingerprint density at radius 2 is 1.70 bits per heavy atom. The molecule has 186 valence electrons. The molecule has 0 saturated heterocycles. The first-order valence-corrected chi connectivity index (χ1v) is 13.8. The lowest BCUT2D eigenvalue weighted by Crippen LogP contribution is -2.23. The van der Waals surface area contributed by atoms with E-state index in [1.807, 2.05) is 6.07 Å². The number of rotatable bonds is 4. The van der Waals surface area contributed by atoms with Crippen LogP contribution in [0.5, 0.6) is 5.75 Å². The van der Waals surface area contributed by atoms with E-state index in [0.717, 1.165) is 23.6 Å². The second-order valence-corrected chi connectivity index (χ2v) is 10.7. The van der Waals surface area contributed by atoms with Crippen LogP contribution in [0.2, 0.25) is 5.02 Å². The first-order chi connectivity index (χ1) is 18.1. The molecule has 3 aromatic rings. The van der Waals surface area contributed by atoms with Gasteiger partial charge >= 0.3 is 0 Å². The van der Waals surface area contributed by atoms with Gasteiger partial charge in [0.25, 0.3) is 0 Å². The van der Waals surface area contributed by atoms with Crippen LogP contribution in [0.25, 0.3) is 5.57 Å². The summed E-state index contributed by atoms with van der Waals surface area (Å²) in [6.07, 6.45) is 13.1. The fraction of sp³-hybridized carbons (Fsp3) is 0.265. The van der Waals surface area contributed by atoms with E-state index in [1.54, 1.807) is 0 Å². The summed E-state index contributed by atoms with van der Waals surface area (Å²) >= 11 is 6.48. The molecule has 5 atom stereocenters. The van der Waals surface area contributed by atoms with Crippen LogP contribution in [0.1, 0.15) is 60.9 Å². The zero-order valence-electron chi connectivity index (χ0n) is 21.3. The molecule has 5 unspecified atom stereocenters. The van der Waals surface area contributed by atoms with Crippen LogP contribution < -0.4 is 4.74 Å². The number of hydrogen-bond donors (Lipinski definition) is 0. The molecule has 3 heteroatoms. The van der Waals surface area contributed by atoms with Gasteiger partial charge in [-0.05, 0) is 59.4 Å². The summed E-state index contributed by atoms with van der Waals surface area (Å²) < 4.78 is 6.41. The monoisotopic (exact) mass is 505 g/mol. The first-order valence-electron chi connectivity index (χ1n) is 13.4. The number of ether oxygens (including phenoxy) is 1. The van der Waals surface area contributed by atoms with Gasteiger partial charge < -0.3 is 4.74 Å². The summed E-state index contributed by atoms with van der Waals surface area (Å²) in [5.74, 6) is 1.69. The van der Waals surface area contributed by atoms with Crippen LogP contribution in [0.3, 0.4) is 0 Å². The summed E-state index contributed by atoms with van der Waals surface area (Å²) in [6.45, 7) is 4.58. The number of fused-ring (bicyclic) bond motifs is 3. The molecule has 0 saturated carbocycles. The number of aliphatic imine (C=N–C) groups is 1. The topological polar surface area (TPSA) is 21.6 Å². The predicted molar refractivity (Wildman–Crippen MR) is 155 cm³/mol. The van der Waals surface area contributed by atoms with Gasteiger partial charge in [-0.2, -0.15) is 0 Å². The van der Waals surface area contributed by atoms with Gasteiger partial charge in [-0.1, -0.05) is 104 Å². The van der Waals surface area contributed by atoms with Crippen LogP contribution in [0, 0.1) is 11.8 Å². The van der Waals surface area contributed by atoms with Crippen molar-refractivity contribution < 1.29 is 4.74 Å². The molecule has 2 aliphatic heterocycles. The maximum Gasteiger partial charge on any atom is 0.128 e. The molecule has 37 heavy (non-hydrogen) atoms. The predicted octanol–water partition coefficient (Wildman–Crippen LogP) is 8.99. The zero-order chi connectivity index (χ0) is 25.4. The molecule has 0 amide bonds. The number of halogens is 1. The van der Waals surface area contributed by atoms with E-state index in [4.69, 9.17) is 21.3 Å². The summed E-state index contributed by atoms with van der Waals surface area (Å²) in [5, 5.41) is 0.768. The maximum atomic E-state index is 6.48. The lowest BCUT2D eigenvalue weighted by molar-refractivity contribution is 0.269. The number of hydrogen-bond acceptors (Lipinski definition) is 2. The zero-order valence-corrected chi connectivity index (χ0v) is 22.1. The average Bonchev–Trinajstić information content (AvgIpc) is 3.31. The highest BCUT2D eigenvalue weighted by Gasteiger charge is 2.38. The van der Waals surface area contributed by atoms with E-state index in [-0.39, 0.29) is 29.9 Å². The van der Waals surface area contributed by atoms with Crippen LogP contribution in [-0.4, -0.2) is 11.8 Å². The van der Waals surface area contributed by atoms with E-state index in [1.165, 1.54) is 33.5 Å². The standard InChI is InChI=1S/C34H32ClNO/c1-3-26-27(24-13-9-14-25(35)21-24)20-19-22(2)33(23-11-5-4-6-12-23)36-34(26)29-16-10-18-31-32(29)28-15-7-8-17-30(28)37-31/h4-18,20-22,26,28,30,34H,3,19H2,1-2H3/b27-20+,36-33+. The van der Waals surface area contributed by atoms with Crippen LogP contribution >= 0.6 is 11.6 Å². The molecule has 0 bridgehead atoms. The number of nitrogens with zero attached hydrogens (tertiary/aromatic N) is 1. The third-order valence-corrected chi connectivity index (χ3v) is 8.22. The smallest absolute Gasteiger partial charge is 0.128 e. The third-order valence-electron chi connectivity index (χ3n) is 7.98. The van der Waals surface area contributed by atoms with E-state index < -0.39 is 0 Å². The van der Waals surface area contributed by atoms with Crippen molar-refractivity contribution in [2.75, 3.05) is 0 Å². The van der Waals surface area contributed by atoms with Gasteiger partial charge in [0.05, 0.1) is 6.04 Å². The van der Waals surface area contributed by atoms with Crippen molar-refractivity contribution in [1.29, 1.82) is 0 Å². The molecule has 0 N–H and O–H groups in total. The Hall–Kier alpha value is -3.36. The van der Waals surface area contributed by atoms with Crippen LogP contribution in [-0.2, 0) is 0 Å².